The van der Waals surface area contributed by atoms with Crippen LogP contribution >= 0.6 is 11.8 Å². The normalized spacial score (nSPS) is 20.9. The number of alkyl halides is 2. The number of allylic oxidation sites excluding steroid dienone is 1. The number of rotatable bonds is 5. The number of ether oxygens (including phenoxy) is 1. The number of aromatic nitrogens is 1. The lowest BCUT2D eigenvalue weighted by atomic mass is 9.83. The first kappa shape index (κ1) is 29.4. The first-order chi connectivity index (χ1) is 17.2. The molecule has 10 heteroatoms. The highest BCUT2D eigenvalue weighted by molar-refractivity contribution is 8.00. The Morgan fingerprint density at radius 1 is 1.31 bits per heavy atom. The van der Waals surface area contributed by atoms with Crippen LogP contribution in [-0.4, -0.2) is 48.2 Å². The smallest absolute Gasteiger partial charge is 0.387 e. The van der Waals surface area contributed by atoms with Gasteiger partial charge >= 0.3 is 6.61 Å². The fourth-order valence-electron chi connectivity index (χ4n) is 3.63. The van der Waals surface area contributed by atoms with Crippen LogP contribution in [0.4, 0.5) is 19.0 Å². The standard InChI is InChI=1S/C20H20F3N3O.C5H11NS.CH2O/c1-12-5-7-16(17(9-12)26-18-8-6-14(21)11-25-18)19(24)13-3-2-4-15(10-13)27-20(22)23;1-5(6-2)3-7-4-5;1-2/h2-4,6,8,10-12,20H,5,7,9,24H2,1H3;6H,3-4H2,1-2H3;1H2/b19-16-,26-17?;;/t12-;;/m1../s1. The maximum atomic E-state index is 13.1. The van der Waals surface area contributed by atoms with Crippen molar-refractivity contribution in [2.75, 3.05) is 18.6 Å². The van der Waals surface area contributed by atoms with Crippen molar-refractivity contribution in [3.8, 4) is 5.75 Å². The number of nitrogens with zero attached hydrogens (tertiary/aromatic N) is 2. The largest absolute Gasteiger partial charge is 0.435 e. The van der Waals surface area contributed by atoms with Crippen LogP contribution in [-0.2, 0) is 4.79 Å². The van der Waals surface area contributed by atoms with Gasteiger partial charge in [-0.2, -0.15) is 20.5 Å². The number of halogens is 3. The van der Waals surface area contributed by atoms with Gasteiger partial charge in [-0.3, -0.25) is 0 Å². The van der Waals surface area contributed by atoms with Crippen molar-refractivity contribution >= 4 is 35.8 Å². The second-order valence-electron chi connectivity index (χ2n) is 8.84. The number of benzene rings is 1. The highest BCUT2D eigenvalue weighted by atomic mass is 32.2. The molecule has 2 heterocycles. The van der Waals surface area contributed by atoms with Gasteiger partial charge in [-0.25, -0.2) is 14.4 Å². The predicted octanol–water partition coefficient (Wildman–Crippen LogP) is 5.61. The van der Waals surface area contributed by atoms with Crippen LogP contribution in [0.5, 0.6) is 5.75 Å². The summed E-state index contributed by atoms with van der Waals surface area (Å²) >= 11 is 2.01. The zero-order valence-electron chi connectivity index (χ0n) is 20.8. The zero-order valence-corrected chi connectivity index (χ0v) is 21.6. The fraction of sp³-hybridized carbons (Fsp3) is 0.423. The first-order valence-corrected chi connectivity index (χ1v) is 12.6. The molecule has 2 aliphatic rings. The van der Waals surface area contributed by atoms with E-state index in [4.69, 9.17) is 10.5 Å². The summed E-state index contributed by atoms with van der Waals surface area (Å²) in [5.41, 5.74) is 9.54. The lowest BCUT2D eigenvalue weighted by Gasteiger charge is -2.37. The number of hydrogen-bond acceptors (Lipinski definition) is 7. The van der Waals surface area contributed by atoms with Crippen molar-refractivity contribution in [1.82, 2.24) is 10.3 Å². The number of nitrogens with two attached hydrogens (primary N) is 1. The summed E-state index contributed by atoms with van der Waals surface area (Å²) in [7, 11) is 2.03. The summed E-state index contributed by atoms with van der Waals surface area (Å²) in [5, 5.41) is 3.26. The minimum Gasteiger partial charge on any atom is -0.435 e. The van der Waals surface area contributed by atoms with Crippen LogP contribution in [0.25, 0.3) is 5.70 Å². The Labute approximate surface area is 214 Å². The minimum absolute atomic E-state index is 0.0499. The summed E-state index contributed by atoms with van der Waals surface area (Å²) in [6.07, 6.45) is 3.48. The summed E-state index contributed by atoms with van der Waals surface area (Å²) in [6, 6.07) is 9.11. The second-order valence-corrected chi connectivity index (χ2v) is 9.83. The number of aliphatic imine (C=N–C) groups is 1. The van der Waals surface area contributed by atoms with E-state index in [1.165, 1.54) is 35.8 Å². The molecule has 4 rings (SSSR count). The molecule has 1 aromatic heterocycles. The van der Waals surface area contributed by atoms with Gasteiger partial charge in [0, 0.05) is 34.0 Å². The summed E-state index contributed by atoms with van der Waals surface area (Å²) in [4.78, 5) is 16.5. The molecule has 2 fully saturated rings. The molecule has 0 amide bonds. The average molecular weight is 523 g/mol. The maximum absolute atomic E-state index is 13.1. The molecule has 1 saturated carbocycles. The third-order valence-electron chi connectivity index (χ3n) is 5.88. The van der Waals surface area contributed by atoms with E-state index in [-0.39, 0.29) is 5.75 Å². The molecule has 1 saturated heterocycles. The number of pyridine rings is 1. The molecule has 0 unspecified atom stereocenters. The van der Waals surface area contributed by atoms with Crippen molar-refractivity contribution in [1.29, 1.82) is 0 Å². The molecular formula is C26H33F3N4O2S. The Morgan fingerprint density at radius 2 is 2.03 bits per heavy atom. The molecule has 1 aliphatic carbocycles. The average Bonchev–Trinajstić information content (AvgIpc) is 2.85. The van der Waals surface area contributed by atoms with E-state index in [1.807, 2.05) is 25.6 Å². The fourth-order valence-corrected chi connectivity index (χ4v) is 4.74. The van der Waals surface area contributed by atoms with Crippen LogP contribution in [0.3, 0.4) is 0 Å². The molecule has 3 N–H and O–H groups in total. The van der Waals surface area contributed by atoms with Crippen LogP contribution in [0.2, 0.25) is 0 Å². The maximum Gasteiger partial charge on any atom is 0.387 e. The molecule has 1 atom stereocenters. The number of thioether (sulfide) groups is 1. The molecule has 196 valence electrons. The monoisotopic (exact) mass is 522 g/mol. The molecular weight excluding hydrogens is 489 g/mol. The van der Waals surface area contributed by atoms with Gasteiger partial charge in [0.1, 0.15) is 18.4 Å². The summed E-state index contributed by atoms with van der Waals surface area (Å²) in [5.74, 6) is 3.01. The van der Waals surface area contributed by atoms with Gasteiger partial charge in [0.2, 0.25) is 0 Å². The van der Waals surface area contributed by atoms with E-state index in [0.29, 0.717) is 41.4 Å². The third-order valence-corrected chi connectivity index (χ3v) is 7.56. The number of carbonyl (C=O) groups excluding carboxylic acids is 1. The molecule has 1 aliphatic heterocycles. The van der Waals surface area contributed by atoms with Crippen molar-refractivity contribution in [3.63, 3.8) is 0 Å². The Hall–Kier alpha value is -2.85. The summed E-state index contributed by atoms with van der Waals surface area (Å²) in [6.45, 7) is 3.48. The molecule has 0 spiro atoms. The predicted molar refractivity (Wildman–Crippen MR) is 140 cm³/mol. The van der Waals surface area contributed by atoms with E-state index < -0.39 is 12.4 Å². The lowest BCUT2D eigenvalue weighted by Crippen LogP contribution is -2.51. The van der Waals surface area contributed by atoms with Crippen LogP contribution in [0, 0.1) is 11.7 Å². The lowest BCUT2D eigenvalue weighted by molar-refractivity contribution is -0.0980. The van der Waals surface area contributed by atoms with E-state index in [1.54, 1.807) is 12.1 Å². The van der Waals surface area contributed by atoms with Crippen molar-refractivity contribution in [3.05, 3.63) is 59.5 Å². The molecule has 36 heavy (non-hydrogen) atoms. The number of carbonyl (C=O) groups is 1. The van der Waals surface area contributed by atoms with Gasteiger partial charge in [0.05, 0.1) is 6.20 Å². The quantitative estimate of drug-likeness (QED) is 0.531. The van der Waals surface area contributed by atoms with Gasteiger partial charge in [-0.1, -0.05) is 19.1 Å². The van der Waals surface area contributed by atoms with Gasteiger partial charge in [-0.15, -0.1) is 0 Å². The van der Waals surface area contributed by atoms with E-state index in [9.17, 15) is 13.2 Å². The van der Waals surface area contributed by atoms with Crippen LogP contribution in [0.1, 0.15) is 38.7 Å². The summed E-state index contributed by atoms with van der Waals surface area (Å²) < 4.78 is 42.5. The third kappa shape index (κ3) is 8.67. The van der Waals surface area contributed by atoms with Crippen LogP contribution in [0.15, 0.2) is 53.2 Å². The number of nitrogens with one attached hydrogen (secondary N) is 1. The van der Waals surface area contributed by atoms with Crippen molar-refractivity contribution in [2.45, 2.75) is 45.3 Å². The second kappa shape index (κ2) is 14.0. The zero-order chi connectivity index (χ0) is 26.7. The first-order valence-electron chi connectivity index (χ1n) is 11.5. The minimum atomic E-state index is -2.90. The molecule has 6 nitrogen and oxygen atoms in total. The Bertz CT molecular complexity index is 1040. The Morgan fingerprint density at radius 3 is 2.56 bits per heavy atom. The van der Waals surface area contributed by atoms with Gasteiger partial charge in [0.15, 0.2) is 5.82 Å². The SMILES string of the molecule is C=O.CNC1(C)CSC1.C[C@@H]1CC/C(=C(/N)c2cccc(OC(F)F)c2)C(=Nc2ccc(F)cn2)C1. The van der Waals surface area contributed by atoms with E-state index in [0.717, 1.165) is 23.9 Å². The number of hydrogen-bond donors (Lipinski definition) is 2. The van der Waals surface area contributed by atoms with Crippen LogP contribution < -0.4 is 15.8 Å². The topological polar surface area (TPSA) is 89.6 Å². The van der Waals surface area contributed by atoms with Crippen molar-refractivity contribution in [2.24, 2.45) is 16.6 Å². The van der Waals surface area contributed by atoms with Gasteiger partial charge in [-0.05, 0) is 69.0 Å². The Kier molecular flexibility index (Phi) is 11.5. The highest BCUT2D eigenvalue weighted by Gasteiger charge is 2.29. The molecule has 0 radical (unpaired) electrons. The van der Waals surface area contributed by atoms with E-state index >= 15 is 0 Å². The van der Waals surface area contributed by atoms with Gasteiger partial charge in [0.25, 0.3) is 0 Å². The van der Waals surface area contributed by atoms with Gasteiger partial charge < -0.3 is 20.6 Å². The molecule has 0 bridgehead atoms. The Balaban J connectivity index is 0.000000431. The van der Waals surface area contributed by atoms with Crippen molar-refractivity contribution < 1.29 is 22.7 Å². The molecule has 2 aromatic rings. The molecule has 1 aromatic carbocycles. The highest BCUT2D eigenvalue weighted by Crippen LogP contribution is 2.32. The van der Waals surface area contributed by atoms with E-state index in [2.05, 4.69) is 33.9 Å².